The third kappa shape index (κ3) is 1.61. The second-order valence-corrected chi connectivity index (χ2v) is 6.84. The Morgan fingerprint density at radius 3 is 2.41 bits per heavy atom. The lowest BCUT2D eigenvalue weighted by molar-refractivity contribution is -0.154. The van der Waals surface area contributed by atoms with Crippen molar-refractivity contribution in [2.24, 2.45) is 5.41 Å². The number of cyclic esters (lactones) is 1. The van der Waals surface area contributed by atoms with Crippen molar-refractivity contribution in [1.29, 1.82) is 0 Å². The molecular formula is C13H23NO3. The second-order valence-electron chi connectivity index (χ2n) is 6.84. The van der Waals surface area contributed by atoms with Gasteiger partial charge >= 0.3 is 5.97 Å². The molecule has 0 aromatic rings. The van der Waals surface area contributed by atoms with Crippen molar-refractivity contribution in [3.05, 3.63) is 0 Å². The van der Waals surface area contributed by atoms with E-state index in [-0.39, 0.29) is 17.6 Å². The number of fused-ring (bicyclic) bond motifs is 1. The van der Waals surface area contributed by atoms with E-state index in [4.69, 9.17) is 4.74 Å². The number of rotatable bonds is 1. The molecule has 0 aliphatic carbocycles. The van der Waals surface area contributed by atoms with Crippen LogP contribution in [0.15, 0.2) is 0 Å². The molecule has 2 heterocycles. The second kappa shape index (κ2) is 3.45. The molecule has 1 N–H and O–H groups in total. The minimum absolute atomic E-state index is 0.132. The van der Waals surface area contributed by atoms with E-state index in [2.05, 4.69) is 25.7 Å². The van der Waals surface area contributed by atoms with Crippen LogP contribution in [0.25, 0.3) is 0 Å². The van der Waals surface area contributed by atoms with Crippen molar-refractivity contribution >= 4 is 5.97 Å². The average molecular weight is 241 g/mol. The minimum atomic E-state index is -1.07. The molecule has 2 aliphatic heterocycles. The number of hydrogen-bond donors (Lipinski definition) is 1. The maximum Gasteiger partial charge on any atom is 0.331 e. The molecule has 17 heavy (non-hydrogen) atoms. The Balaban J connectivity index is 2.44. The van der Waals surface area contributed by atoms with Crippen LogP contribution >= 0.6 is 0 Å². The summed E-state index contributed by atoms with van der Waals surface area (Å²) in [6.45, 7) is 10.4. The van der Waals surface area contributed by atoms with Crippen molar-refractivity contribution in [3.63, 3.8) is 0 Å². The van der Waals surface area contributed by atoms with Gasteiger partial charge in [-0.15, -0.1) is 0 Å². The number of hydrogen-bond acceptors (Lipinski definition) is 4. The van der Waals surface area contributed by atoms with Crippen LogP contribution in [0.2, 0.25) is 0 Å². The van der Waals surface area contributed by atoms with E-state index in [1.165, 1.54) is 0 Å². The lowest BCUT2D eigenvalue weighted by Crippen LogP contribution is -2.61. The molecule has 0 radical (unpaired) electrons. The number of aliphatic hydroxyl groups is 1. The maximum absolute atomic E-state index is 12.3. The number of esters is 1. The van der Waals surface area contributed by atoms with E-state index in [0.717, 1.165) is 13.0 Å². The monoisotopic (exact) mass is 241 g/mol. The third-order valence-corrected chi connectivity index (χ3v) is 4.02. The van der Waals surface area contributed by atoms with Crippen molar-refractivity contribution < 1.29 is 14.6 Å². The molecular weight excluding hydrogens is 218 g/mol. The number of nitrogens with zero attached hydrogens (tertiary/aromatic N) is 1. The van der Waals surface area contributed by atoms with E-state index in [1.54, 1.807) is 13.8 Å². The maximum atomic E-state index is 12.3. The molecule has 2 atom stereocenters. The first-order chi connectivity index (χ1) is 7.61. The van der Waals surface area contributed by atoms with Crippen LogP contribution in [0.3, 0.4) is 0 Å². The standard InChI is InChI=1S/C13H23NO3/c1-11(2,3)9-14-8-6-7-13(14,10(15)17-9)12(4,5)16/h9,16H,6-8H2,1-5H3/t9-,13+/m1/s1. The highest BCUT2D eigenvalue weighted by Gasteiger charge is 2.66. The predicted molar refractivity (Wildman–Crippen MR) is 64.3 cm³/mol. The number of ether oxygens (including phenoxy) is 1. The number of carbonyl (C=O) groups excluding carboxylic acids is 1. The Labute approximate surface area is 103 Å². The highest BCUT2D eigenvalue weighted by Crippen LogP contribution is 2.48. The zero-order valence-corrected chi connectivity index (χ0v) is 11.4. The summed E-state index contributed by atoms with van der Waals surface area (Å²) in [6.07, 6.45) is 1.39. The SMILES string of the molecule is CC(C)(C)[C@H]1OC(=O)[C@]2(C(C)(C)O)CCCN12. The molecule has 0 unspecified atom stereocenters. The Bertz CT molecular complexity index is 340. The molecule has 2 aliphatic rings. The van der Waals surface area contributed by atoms with Crippen LogP contribution in [-0.4, -0.2) is 39.9 Å². The van der Waals surface area contributed by atoms with Gasteiger partial charge in [0.2, 0.25) is 0 Å². The van der Waals surface area contributed by atoms with Gasteiger partial charge in [0.15, 0.2) is 11.8 Å². The van der Waals surface area contributed by atoms with Crippen molar-refractivity contribution in [3.8, 4) is 0 Å². The lowest BCUT2D eigenvalue weighted by atomic mass is 9.80. The first kappa shape index (κ1) is 12.8. The van der Waals surface area contributed by atoms with Gasteiger partial charge in [-0.25, -0.2) is 9.69 Å². The molecule has 0 aromatic carbocycles. The molecule has 4 heteroatoms. The lowest BCUT2D eigenvalue weighted by Gasteiger charge is -2.41. The van der Waals surface area contributed by atoms with Crippen LogP contribution in [0, 0.1) is 5.41 Å². The molecule has 0 spiro atoms. The van der Waals surface area contributed by atoms with E-state index in [9.17, 15) is 9.90 Å². The van der Waals surface area contributed by atoms with Gasteiger partial charge in [-0.1, -0.05) is 20.8 Å². The van der Waals surface area contributed by atoms with E-state index in [1.807, 2.05) is 0 Å². The zero-order chi connectivity index (χ0) is 13.1. The highest BCUT2D eigenvalue weighted by molar-refractivity contribution is 5.85. The first-order valence-corrected chi connectivity index (χ1v) is 6.31. The molecule has 0 aromatic heterocycles. The van der Waals surface area contributed by atoms with Crippen molar-refractivity contribution in [1.82, 2.24) is 4.90 Å². The summed E-state index contributed by atoms with van der Waals surface area (Å²) in [5, 5.41) is 10.4. The molecule has 0 bridgehead atoms. The largest absolute Gasteiger partial charge is 0.444 e. The topological polar surface area (TPSA) is 49.8 Å². The van der Waals surface area contributed by atoms with Crippen LogP contribution < -0.4 is 0 Å². The summed E-state index contributed by atoms with van der Waals surface area (Å²) in [6, 6.07) is 0. The van der Waals surface area contributed by atoms with Crippen molar-refractivity contribution in [2.45, 2.75) is 64.8 Å². The Morgan fingerprint density at radius 2 is 1.94 bits per heavy atom. The third-order valence-electron chi connectivity index (χ3n) is 4.02. The predicted octanol–water partition coefficient (Wildman–Crippen LogP) is 1.52. The van der Waals surface area contributed by atoms with Gasteiger partial charge in [0.05, 0.1) is 5.60 Å². The normalized spacial score (nSPS) is 34.9. The summed E-state index contributed by atoms with van der Waals surface area (Å²) >= 11 is 0. The van der Waals surface area contributed by atoms with E-state index in [0.29, 0.717) is 6.42 Å². The summed E-state index contributed by atoms with van der Waals surface area (Å²) in [4.78, 5) is 14.3. The van der Waals surface area contributed by atoms with Gasteiger partial charge in [-0.05, 0) is 26.7 Å². The Morgan fingerprint density at radius 1 is 1.35 bits per heavy atom. The van der Waals surface area contributed by atoms with Gasteiger partial charge in [-0.3, -0.25) is 0 Å². The summed E-state index contributed by atoms with van der Waals surface area (Å²) < 4.78 is 5.55. The first-order valence-electron chi connectivity index (χ1n) is 6.31. The minimum Gasteiger partial charge on any atom is -0.444 e. The van der Waals surface area contributed by atoms with Gasteiger partial charge < -0.3 is 9.84 Å². The summed E-state index contributed by atoms with van der Waals surface area (Å²) in [5.74, 6) is -0.262. The van der Waals surface area contributed by atoms with Crippen LogP contribution in [-0.2, 0) is 9.53 Å². The molecule has 4 nitrogen and oxygen atoms in total. The summed E-state index contributed by atoms with van der Waals surface area (Å²) in [7, 11) is 0. The van der Waals surface area contributed by atoms with E-state index >= 15 is 0 Å². The van der Waals surface area contributed by atoms with Crippen LogP contribution in [0.1, 0.15) is 47.5 Å². The fourth-order valence-electron chi connectivity index (χ4n) is 3.19. The Kier molecular flexibility index (Phi) is 2.61. The molecule has 2 rings (SSSR count). The van der Waals surface area contributed by atoms with Crippen LogP contribution in [0.5, 0.6) is 0 Å². The highest BCUT2D eigenvalue weighted by atomic mass is 16.6. The van der Waals surface area contributed by atoms with Gasteiger partial charge in [-0.2, -0.15) is 0 Å². The average Bonchev–Trinajstić information content (AvgIpc) is 2.63. The Hall–Kier alpha value is -0.610. The number of carbonyl (C=O) groups is 1. The van der Waals surface area contributed by atoms with Gasteiger partial charge in [0.1, 0.15) is 0 Å². The zero-order valence-electron chi connectivity index (χ0n) is 11.4. The molecule has 0 amide bonds. The molecule has 2 saturated heterocycles. The summed E-state index contributed by atoms with van der Waals surface area (Å²) in [5.41, 5.74) is -2.04. The molecule has 2 fully saturated rings. The quantitative estimate of drug-likeness (QED) is 0.707. The smallest absolute Gasteiger partial charge is 0.331 e. The van der Waals surface area contributed by atoms with E-state index < -0.39 is 11.1 Å². The fourth-order valence-corrected chi connectivity index (χ4v) is 3.19. The molecule has 98 valence electrons. The van der Waals surface area contributed by atoms with Gasteiger partial charge in [0.25, 0.3) is 0 Å². The molecule has 0 saturated carbocycles. The van der Waals surface area contributed by atoms with Crippen LogP contribution in [0.4, 0.5) is 0 Å². The fraction of sp³-hybridized carbons (Fsp3) is 0.923. The van der Waals surface area contributed by atoms with Gasteiger partial charge in [0, 0.05) is 12.0 Å². The van der Waals surface area contributed by atoms with Crippen molar-refractivity contribution in [2.75, 3.05) is 6.54 Å².